The van der Waals surface area contributed by atoms with Gasteiger partial charge in [0.25, 0.3) is 0 Å². The standard InChI is InChI=1S/C18H22F3N3O4/c1-17(2,3)27-16(25)28-24-8-6-12(7-9-24)11-26-15-13(10-22)4-5-14(23-15)18(19,20)21/h4-5,12H,6-9,11H2,1-3H3. The molecule has 2 rings (SSSR count). The number of nitrogens with zero attached hydrogens (tertiary/aromatic N) is 3. The number of hydrogen-bond acceptors (Lipinski definition) is 7. The molecule has 0 spiro atoms. The van der Waals surface area contributed by atoms with Crippen molar-refractivity contribution in [1.82, 2.24) is 10.0 Å². The zero-order valence-corrected chi connectivity index (χ0v) is 15.9. The molecule has 1 aromatic rings. The molecule has 28 heavy (non-hydrogen) atoms. The van der Waals surface area contributed by atoms with Crippen LogP contribution < -0.4 is 4.74 Å². The van der Waals surface area contributed by atoms with Crippen LogP contribution in [0, 0.1) is 17.2 Å². The summed E-state index contributed by atoms with van der Waals surface area (Å²) in [5.41, 5.74) is -1.82. The van der Waals surface area contributed by atoms with E-state index in [9.17, 15) is 18.0 Å². The Morgan fingerprint density at radius 2 is 1.93 bits per heavy atom. The first kappa shape index (κ1) is 21.8. The van der Waals surface area contributed by atoms with E-state index >= 15 is 0 Å². The largest absolute Gasteiger partial charge is 0.528 e. The number of rotatable bonds is 4. The second-order valence-corrected chi connectivity index (χ2v) is 7.40. The molecule has 0 unspecified atom stereocenters. The van der Waals surface area contributed by atoms with Crippen molar-refractivity contribution in [2.75, 3.05) is 19.7 Å². The average molecular weight is 401 g/mol. The summed E-state index contributed by atoms with van der Waals surface area (Å²) in [4.78, 5) is 20.2. The van der Waals surface area contributed by atoms with Gasteiger partial charge in [-0.1, -0.05) is 0 Å². The summed E-state index contributed by atoms with van der Waals surface area (Å²) in [6.45, 7) is 6.19. The van der Waals surface area contributed by atoms with Crippen LogP contribution in [0.15, 0.2) is 12.1 Å². The summed E-state index contributed by atoms with van der Waals surface area (Å²) in [6, 6.07) is 3.57. The molecule has 1 saturated heterocycles. The van der Waals surface area contributed by atoms with Gasteiger partial charge in [0.1, 0.15) is 22.9 Å². The van der Waals surface area contributed by atoms with Crippen LogP contribution >= 0.6 is 0 Å². The number of piperidine rings is 1. The van der Waals surface area contributed by atoms with Gasteiger partial charge >= 0.3 is 12.3 Å². The van der Waals surface area contributed by atoms with E-state index < -0.39 is 23.6 Å². The predicted octanol–water partition coefficient (Wildman–Crippen LogP) is 3.93. The lowest BCUT2D eigenvalue weighted by atomic mass is 9.99. The molecule has 1 aromatic heterocycles. The van der Waals surface area contributed by atoms with Gasteiger partial charge in [0.2, 0.25) is 5.88 Å². The van der Waals surface area contributed by atoms with E-state index in [4.69, 9.17) is 19.6 Å². The Bertz CT molecular complexity index is 733. The maximum atomic E-state index is 12.8. The van der Waals surface area contributed by atoms with Gasteiger partial charge in [-0.25, -0.2) is 9.78 Å². The second-order valence-electron chi connectivity index (χ2n) is 7.40. The van der Waals surface area contributed by atoms with Crippen LogP contribution in [0.1, 0.15) is 44.9 Å². The molecule has 0 aromatic carbocycles. The van der Waals surface area contributed by atoms with Crippen molar-refractivity contribution in [1.29, 1.82) is 5.26 Å². The summed E-state index contributed by atoms with van der Waals surface area (Å²) in [7, 11) is 0. The molecule has 7 nitrogen and oxygen atoms in total. The third-order valence-electron chi connectivity index (χ3n) is 3.89. The first-order chi connectivity index (χ1) is 13.0. The van der Waals surface area contributed by atoms with E-state index in [2.05, 4.69) is 4.98 Å². The molecule has 10 heteroatoms. The number of ether oxygens (including phenoxy) is 2. The number of halogens is 3. The summed E-state index contributed by atoms with van der Waals surface area (Å²) >= 11 is 0. The van der Waals surface area contributed by atoms with Crippen LogP contribution in [0.25, 0.3) is 0 Å². The van der Waals surface area contributed by atoms with Gasteiger partial charge in [-0.3, -0.25) is 0 Å². The Morgan fingerprint density at radius 3 is 2.46 bits per heavy atom. The molecule has 0 radical (unpaired) electrons. The highest BCUT2D eigenvalue weighted by Crippen LogP contribution is 2.30. The molecule has 154 valence electrons. The van der Waals surface area contributed by atoms with Crippen LogP contribution in [-0.4, -0.2) is 41.5 Å². The van der Waals surface area contributed by atoms with Crippen LogP contribution in [-0.2, 0) is 15.8 Å². The molecule has 0 atom stereocenters. The van der Waals surface area contributed by atoms with E-state index in [1.165, 1.54) is 5.06 Å². The first-order valence-corrected chi connectivity index (χ1v) is 8.75. The predicted molar refractivity (Wildman–Crippen MR) is 91.1 cm³/mol. The Balaban J connectivity index is 1.86. The van der Waals surface area contributed by atoms with Crippen molar-refractivity contribution in [3.63, 3.8) is 0 Å². The fourth-order valence-corrected chi connectivity index (χ4v) is 2.53. The van der Waals surface area contributed by atoms with Gasteiger partial charge < -0.3 is 14.3 Å². The van der Waals surface area contributed by atoms with E-state index in [-0.39, 0.29) is 24.0 Å². The fraction of sp³-hybridized carbons (Fsp3) is 0.611. The number of hydrogen-bond donors (Lipinski definition) is 0. The topological polar surface area (TPSA) is 84.7 Å². The van der Waals surface area contributed by atoms with E-state index in [0.29, 0.717) is 25.9 Å². The third-order valence-corrected chi connectivity index (χ3v) is 3.89. The van der Waals surface area contributed by atoms with Gasteiger partial charge in [-0.2, -0.15) is 18.4 Å². The van der Waals surface area contributed by atoms with Gasteiger partial charge in [0, 0.05) is 13.1 Å². The van der Waals surface area contributed by atoms with E-state index in [1.807, 2.05) is 0 Å². The molecule has 0 amide bonds. The van der Waals surface area contributed by atoms with Crippen molar-refractivity contribution in [2.45, 2.75) is 45.4 Å². The highest BCUT2D eigenvalue weighted by molar-refractivity contribution is 5.60. The lowest BCUT2D eigenvalue weighted by Gasteiger charge is -2.30. The number of carbonyl (C=O) groups is 1. The lowest BCUT2D eigenvalue weighted by Crippen LogP contribution is -2.38. The van der Waals surface area contributed by atoms with Gasteiger partial charge in [-0.15, -0.1) is 5.06 Å². The number of pyridine rings is 1. The Morgan fingerprint density at radius 1 is 1.29 bits per heavy atom. The number of nitriles is 1. The maximum absolute atomic E-state index is 12.8. The molecule has 0 aliphatic carbocycles. The van der Waals surface area contributed by atoms with Gasteiger partial charge in [0.15, 0.2) is 0 Å². The molecule has 1 fully saturated rings. The van der Waals surface area contributed by atoms with Crippen molar-refractivity contribution in [2.24, 2.45) is 5.92 Å². The molecule has 2 heterocycles. The van der Waals surface area contributed by atoms with Crippen LogP contribution in [0.4, 0.5) is 18.0 Å². The lowest BCUT2D eigenvalue weighted by molar-refractivity contribution is -0.156. The van der Waals surface area contributed by atoms with Crippen molar-refractivity contribution >= 4 is 6.16 Å². The molecular formula is C18H22F3N3O4. The minimum atomic E-state index is -4.61. The van der Waals surface area contributed by atoms with E-state index in [0.717, 1.165) is 12.1 Å². The Hall–Kier alpha value is -2.54. The number of alkyl halides is 3. The first-order valence-electron chi connectivity index (χ1n) is 8.75. The van der Waals surface area contributed by atoms with Crippen molar-refractivity contribution < 1.29 is 32.3 Å². The highest BCUT2D eigenvalue weighted by Gasteiger charge is 2.33. The summed E-state index contributed by atoms with van der Waals surface area (Å²) in [5.74, 6) is -0.300. The third kappa shape index (κ3) is 6.56. The summed E-state index contributed by atoms with van der Waals surface area (Å²) in [6.07, 6.45) is -4.20. The quantitative estimate of drug-likeness (QED) is 0.707. The molecule has 0 saturated carbocycles. The Kier molecular flexibility index (Phi) is 6.72. The minimum Gasteiger partial charge on any atom is -0.476 e. The number of aromatic nitrogens is 1. The smallest absolute Gasteiger partial charge is 0.476 e. The van der Waals surface area contributed by atoms with Crippen LogP contribution in [0.3, 0.4) is 0 Å². The summed E-state index contributed by atoms with van der Waals surface area (Å²) in [5, 5.41) is 10.5. The second kappa shape index (κ2) is 8.65. The fourth-order valence-electron chi connectivity index (χ4n) is 2.53. The molecule has 0 bridgehead atoms. The van der Waals surface area contributed by atoms with Crippen molar-refractivity contribution in [3.05, 3.63) is 23.4 Å². The number of hydroxylamine groups is 2. The van der Waals surface area contributed by atoms with Crippen LogP contribution in [0.2, 0.25) is 0 Å². The minimum absolute atomic E-state index is 0.0290. The van der Waals surface area contributed by atoms with Gasteiger partial charge in [0.05, 0.1) is 6.61 Å². The molecule has 1 aliphatic heterocycles. The van der Waals surface area contributed by atoms with E-state index in [1.54, 1.807) is 26.8 Å². The highest BCUT2D eigenvalue weighted by atomic mass is 19.4. The normalized spacial score (nSPS) is 16.3. The SMILES string of the molecule is CC(C)(C)OC(=O)ON1CCC(COc2nc(C(F)(F)F)ccc2C#N)CC1. The maximum Gasteiger partial charge on any atom is 0.528 e. The monoisotopic (exact) mass is 401 g/mol. The van der Waals surface area contributed by atoms with Crippen molar-refractivity contribution in [3.8, 4) is 11.9 Å². The Labute approximate surface area is 160 Å². The summed E-state index contributed by atoms with van der Waals surface area (Å²) < 4.78 is 48.9. The zero-order valence-electron chi connectivity index (χ0n) is 15.9. The van der Waals surface area contributed by atoms with Gasteiger partial charge in [-0.05, 0) is 51.7 Å². The molecular weight excluding hydrogens is 379 g/mol. The number of carbonyl (C=O) groups excluding carboxylic acids is 1. The molecule has 0 N–H and O–H groups in total. The zero-order chi connectivity index (χ0) is 20.9. The average Bonchev–Trinajstić information content (AvgIpc) is 2.58. The molecule has 1 aliphatic rings. The van der Waals surface area contributed by atoms with Crippen LogP contribution in [0.5, 0.6) is 5.88 Å².